The van der Waals surface area contributed by atoms with Crippen LogP contribution in [0.1, 0.15) is 24.8 Å². The highest BCUT2D eigenvalue weighted by Crippen LogP contribution is 2.24. The lowest BCUT2D eigenvalue weighted by molar-refractivity contribution is -0.120. The molecule has 2 unspecified atom stereocenters. The molecule has 2 rings (SSSR count). The molecule has 0 spiro atoms. The van der Waals surface area contributed by atoms with Crippen LogP contribution in [-0.4, -0.2) is 23.7 Å². The van der Waals surface area contributed by atoms with Crippen LogP contribution in [0.4, 0.5) is 0 Å². The normalized spacial score (nSPS) is 23.0. The van der Waals surface area contributed by atoms with Crippen LogP contribution in [0.15, 0.2) is 28.7 Å². The number of hydrogen-bond acceptors (Lipinski definition) is 2. The van der Waals surface area contributed by atoms with Crippen LogP contribution in [0, 0.1) is 5.92 Å². The fourth-order valence-corrected chi connectivity index (χ4v) is 2.84. The lowest BCUT2D eigenvalue weighted by atomic mass is 10.1. The van der Waals surface area contributed by atoms with Gasteiger partial charge < -0.3 is 10.4 Å². The van der Waals surface area contributed by atoms with Gasteiger partial charge in [-0.05, 0) is 30.5 Å². The molecule has 4 heteroatoms. The summed E-state index contributed by atoms with van der Waals surface area (Å²) in [6.07, 6.45) is 3.09. The molecule has 2 N–H and O–H groups in total. The Morgan fingerprint density at radius 2 is 2.28 bits per heavy atom. The van der Waals surface area contributed by atoms with E-state index in [1.54, 1.807) is 0 Å². The lowest BCUT2D eigenvalue weighted by Gasteiger charge is -2.15. The number of hydrogen-bond donors (Lipinski definition) is 2. The molecule has 18 heavy (non-hydrogen) atoms. The highest BCUT2D eigenvalue weighted by atomic mass is 79.9. The SMILES string of the molecule is O=C(Cc1cccc(Br)c1)NCC1CCCC1O. The first kappa shape index (κ1) is 13.6. The van der Waals surface area contributed by atoms with Crippen molar-refractivity contribution < 1.29 is 9.90 Å². The molecule has 1 aromatic rings. The largest absolute Gasteiger partial charge is 0.393 e. The van der Waals surface area contributed by atoms with E-state index in [1.807, 2.05) is 24.3 Å². The average Bonchev–Trinajstić information content (AvgIpc) is 2.72. The predicted octanol–water partition coefficient (Wildman–Crippen LogP) is 2.27. The summed E-state index contributed by atoms with van der Waals surface area (Å²) in [5, 5.41) is 12.6. The van der Waals surface area contributed by atoms with E-state index in [9.17, 15) is 9.90 Å². The fraction of sp³-hybridized carbons (Fsp3) is 0.500. The number of aliphatic hydroxyl groups excluding tert-OH is 1. The van der Waals surface area contributed by atoms with Crippen molar-refractivity contribution in [1.82, 2.24) is 5.32 Å². The molecule has 0 aliphatic heterocycles. The number of halogens is 1. The minimum absolute atomic E-state index is 0.0206. The zero-order chi connectivity index (χ0) is 13.0. The predicted molar refractivity (Wildman–Crippen MR) is 74.2 cm³/mol. The van der Waals surface area contributed by atoms with Crippen molar-refractivity contribution in [2.75, 3.05) is 6.54 Å². The molecular weight excluding hydrogens is 294 g/mol. The van der Waals surface area contributed by atoms with Gasteiger partial charge in [-0.2, -0.15) is 0 Å². The van der Waals surface area contributed by atoms with Crippen molar-refractivity contribution in [3.63, 3.8) is 0 Å². The summed E-state index contributed by atoms with van der Waals surface area (Å²) in [6, 6.07) is 7.75. The highest BCUT2D eigenvalue weighted by Gasteiger charge is 2.25. The number of amides is 1. The van der Waals surface area contributed by atoms with Crippen LogP contribution >= 0.6 is 15.9 Å². The molecule has 0 radical (unpaired) electrons. The van der Waals surface area contributed by atoms with E-state index in [4.69, 9.17) is 0 Å². The van der Waals surface area contributed by atoms with Gasteiger partial charge >= 0.3 is 0 Å². The standard InChI is InChI=1S/C14H18BrNO2/c15-12-5-1-3-10(7-12)8-14(18)16-9-11-4-2-6-13(11)17/h1,3,5,7,11,13,17H,2,4,6,8-9H2,(H,16,18). The topological polar surface area (TPSA) is 49.3 Å². The van der Waals surface area contributed by atoms with Crippen LogP contribution in [0.3, 0.4) is 0 Å². The summed E-state index contributed by atoms with van der Waals surface area (Å²) in [6.45, 7) is 0.591. The van der Waals surface area contributed by atoms with Crippen LogP contribution < -0.4 is 5.32 Å². The highest BCUT2D eigenvalue weighted by molar-refractivity contribution is 9.10. The molecule has 0 saturated heterocycles. The van der Waals surface area contributed by atoms with Gasteiger partial charge in [0.1, 0.15) is 0 Å². The van der Waals surface area contributed by atoms with Gasteiger partial charge in [-0.3, -0.25) is 4.79 Å². The molecule has 1 aliphatic rings. The van der Waals surface area contributed by atoms with Gasteiger partial charge in [0, 0.05) is 16.9 Å². The van der Waals surface area contributed by atoms with E-state index in [1.165, 1.54) is 0 Å². The second kappa shape index (κ2) is 6.34. The van der Waals surface area contributed by atoms with Gasteiger partial charge in [-0.15, -0.1) is 0 Å². The summed E-state index contributed by atoms with van der Waals surface area (Å²) in [5.74, 6) is 0.253. The van der Waals surface area contributed by atoms with Crippen LogP contribution in [0.5, 0.6) is 0 Å². The van der Waals surface area contributed by atoms with Gasteiger partial charge in [-0.25, -0.2) is 0 Å². The molecule has 0 aromatic heterocycles. The molecule has 0 heterocycles. The number of nitrogens with one attached hydrogen (secondary N) is 1. The second-order valence-electron chi connectivity index (χ2n) is 4.87. The maximum Gasteiger partial charge on any atom is 0.224 e. The summed E-state index contributed by atoms with van der Waals surface area (Å²) in [4.78, 5) is 11.8. The number of carbonyl (C=O) groups excluding carboxylic acids is 1. The first-order chi connectivity index (χ1) is 8.65. The molecule has 1 aromatic carbocycles. The van der Waals surface area contributed by atoms with Crippen molar-refractivity contribution in [2.24, 2.45) is 5.92 Å². The smallest absolute Gasteiger partial charge is 0.224 e. The molecule has 0 bridgehead atoms. The maximum absolute atomic E-state index is 11.8. The lowest BCUT2D eigenvalue weighted by Crippen LogP contribution is -2.33. The maximum atomic E-state index is 11.8. The Kier molecular flexibility index (Phi) is 4.78. The molecule has 1 saturated carbocycles. The molecule has 2 atom stereocenters. The van der Waals surface area contributed by atoms with Crippen LogP contribution in [0.25, 0.3) is 0 Å². The molecule has 98 valence electrons. The van der Waals surface area contributed by atoms with Gasteiger partial charge in [-0.1, -0.05) is 34.5 Å². The Morgan fingerprint density at radius 3 is 2.94 bits per heavy atom. The Bertz CT molecular complexity index is 422. The zero-order valence-electron chi connectivity index (χ0n) is 10.2. The van der Waals surface area contributed by atoms with E-state index in [-0.39, 0.29) is 17.9 Å². The molecule has 1 aliphatic carbocycles. The summed E-state index contributed by atoms with van der Waals surface area (Å²) in [5.41, 5.74) is 0.994. The quantitative estimate of drug-likeness (QED) is 0.896. The first-order valence-electron chi connectivity index (χ1n) is 6.34. The first-order valence-corrected chi connectivity index (χ1v) is 7.13. The second-order valence-corrected chi connectivity index (χ2v) is 5.78. The number of rotatable bonds is 4. The Labute approximate surface area is 116 Å². The van der Waals surface area contributed by atoms with Gasteiger partial charge in [0.05, 0.1) is 12.5 Å². The third-order valence-corrected chi connectivity index (χ3v) is 3.93. The van der Waals surface area contributed by atoms with Gasteiger partial charge in [0.2, 0.25) is 5.91 Å². The molecule has 1 fully saturated rings. The monoisotopic (exact) mass is 311 g/mol. The number of benzene rings is 1. The summed E-state index contributed by atoms with van der Waals surface area (Å²) in [7, 11) is 0. The Balaban J connectivity index is 1.78. The molecular formula is C14H18BrNO2. The van der Waals surface area contributed by atoms with E-state index in [2.05, 4.69) is 21.2 Å². The number of carbonyl (C=O) groups is 1. The number of aliphatic hydroxyl groups is 1. The molecule has 3 nitrogen and oxygen atoms in total. The van der Waals surface area contributed by atoms with Crippen molar-refractivity contribution in [3.05, 3.63) is 34.3 Å². The van der Waals surface area contributed by atoms with Crippen molar-refractivity contribution >= 4 is 21.8 Å². The average molecular weight is 312 g/mol. The Morgan fingerprint density at radius 1 is 1.44 bits per heavy atom. The van der Waals surface area contributed by atoms with E-state index < -0.39 is 0 Å². The molecule has 1 amide bonds. The van der Waals surface area contributed by atoms with Crippen molar-refractivity contribution in [3.8, 4) is 0 Å². The summed E-state index contributed by atoms with van der Waals surface area (Å²) >= 11 is 3.39. The minimum atomic E-state index is -0.240. The van der Waals surface area contributed by atoms with Crippen molar-refractivity contribution in [2.45, 2.75) is 31.8 Å². The summed E-state index contributed by atoms with van der Waals surface area (Å²) < 4.78 is 0.985. The van der Waals surface area contributed by atoms with E-state index >= 15 is 0 Å². The van der Waals surface area contributed by atoms with Crippen LogP contribution in [0.2, 0.25) is 0 Å². The Hall–Kier alpha value is -0.870. The fourth-order valence-electron chi connectivity index (χ4n) is 2.40. The van der Waals surface area contributed by atoms with E-state index in [0.717, 1.165) is 29.3 Å². The third-order valence-electron chi connectivity index (χ3n) is 3.43. The minimum Gasteiger partial charge on any atom is -0.393 e. The van der Waals surface area contributed by atoms with Gasteiger partial charge in [0.25, 0.3) is 0 Å². The van der Waals surface area contributed by atoms with Crippen molar-refractivity contribution in [1.29, 1.82) is 0 Å². The van der Waals surface area contributed by atoms with Crippen LogP contribution in [-0.2, 0) is 11.2 Å². The third kappa shape index (κ3) is 3.82. The van der Waals surface area contributed by atoms with E-state index in [0.29, 0.717) is 13.0 Å². The van der Waals surface area contributed by atoms with Gasteiger partial charge in [0.15, 0.2) is 0 Å². The zero-order valence-corrected chi connectivity index (χ0v) is 11.8.